The van der Waals surface area contributed by atoms with Crippen LogP contribution in [0.25, 0.3) is 0 Å². The number of benzene rings is 1. The summed E-state index contributed by atoms with van der Waals surface area (Å²) in [5.74, 6) is 1.58. The molecule has 0 aliphatic carbocycles. The average Bonchev–Trinajstić information content (AvgIpc) is 2.76. The van der Waals surface area contributed by atoms with Crippen molar-refractivity contribution in [3.63, 3.8) is 0 Å². The standard InChI is InChI=1S/C14H14BrNO2S/c1-8-6-10(15)14(19-8)13(16)9-2-3-11-12(7-9)18-5-4-17-11/h2-3,6-7,13H,4-5,16H2,1H3. The molecule has 0 saturated carbocycles. The SMILES string of the molecule is Cc1cc(Br)c(C(N)c2ccc3c(c2)OCCO3)s1. The number of rotatable bonds is 2. The highest BCUT2D eigenvalue weighted by Crippen LogP contribution is 2.37. The Morgan fingerprint density at radius 1 is 1.21 bits per heavy atom. The van der Waals surface area contributed by atoms with Crippen LogP contribution in [0.15, 0.2) is 28.7 Å². The molecule has 1 aromatic heterocycles. The Balaban J connectivity index is 1.95. The monoisotopic (exact) mass is 339 g/mol. The highest BCUT2D eigenvalue weighted by atomic mass is 79.9. The molecule has 1 unspecified atom stereocenters. The molecule has 1 aliphatic heterocycles. The number of ether oxygens (including phenoxy) is 2. The van der Waals surface area contributed by atoms with Crippen LogP contribution in [0.3, 0.4) is 0 Å². The van der Waals surface area contributed by atoms with E-state index in [-0.39, 0.29) is 6.04 Å². The maximum atomic E-state index is 6.35. The first-order valence-corrected chi connectivity index (χ1v) is 7.67. The fraction of sp³-hybridized carbons (Fsp3) is 0.286. The average molecular weight is 340 g/mol. The van der Waals surface area contributed by atoms with Crippen molar-refractivity contribution in [1.82, 2.24) is 0 Å². The molecule has 100 valence electrons. The van der Waals surface area contributed by atoms with Crippen molar-refractivity contribution in [3.05, 3.63) is 44.1 Å². The van der Waals surface area contributed by atoms with E-state index in [1.165, 1.54) is 4.88 Å². The fourth-order valence-electron chi connectivity index (χ4n) is 2.12. The predicted octanol–water partition coefficient (Wildman–Crippen LogP) is 3.64. The van der Waals surface area contributed by atoms with Crippen LogP contribution < -0.4 is 15.2 Å². The third-order valence-electron chi connectivity index (χ3n) is 3.04. The van der Waals surface area contributed by atoms with Gasteiger partial charge in [0, 0.05) is 14.2 Å². The van der Waals surface area contributed by atoms with Crippen LogP contribution >= 0.6 is 27.3 Å². The molecule has 2 N–H and O–H groups in total. The summed E-state index contributed by atoms with van der Waals surface area (Å²) >= 11 is 5.28. The van der Waals surface area contributed by atoms with Gasteiger partial charge in [0.2, 0.25) is 0 Å². The van der Waals surface area contributed by atoms with E-state index in [1.807, 2.05) is 18.2 Å². The molecule has 19 heavy (non-hydrogen) atoms. The van der Waals surface area contributed by atoms with Crippen LogP contribution in [0, 0.1) is 6.92 Å². The highest BCUT2D eigenvalue weighted by molar-refractivity contribution is 9.10. The number of hydrogen-bond acceptors (Lipinski definition) is 4. The normalized spacial score (nSPS) is 15.3. The van der Waals surface area contributed by atoms with Crippen molar-refractivity contribution < 1.29 is 9.47 Å². The predicted molar refractivity (Wildman–Crippen MR) is 80.2 cm³/mol. The van der Waals surface area contributed by atoms with Crippen molar-refractivity contribution in [2.75, 3.05) is 13.2 Å². The molecular formula is C14H14BrNO2S. The van der Waals surface area contributed by atoms with Crippen LogP contribution in [0.1, 0.15) is 21.4 Å². The first kappa shape index (κ1) is 13.0. The molecular weight excluding hydrogens is 326 g/mol. The zero-order chi connectivity index (χ0) is 13.4. The molecule has 0 spiro atoms. The second-order valence-electron chi connectivity index (χ2n) is 4.45. The maximum absolute atomic E-state index is 6.35. The summed E-state index contributed by atoms with van der Waals surface area (Å²) in [5.41, 5.74) is 7.38. The lowest BCUT2D eigenvalue weighted by Crippen LogP contribution is -2.17. The third kappa shape index (κ3) is 2.50. The second kappa shape index (κ2) is 5.15. The first-order chi connectivity index (χ1) is 9.15. The van der Waals surface area contributed by atoms with Crippen LogP contribution in [-0.2, 0) is 0 Å². The number of thiophene rings is 1. The Morgan fingerprint density at radius 2 is 1.95 bits per heavy atom. The van der Waals surface area contributed by atoms with Gasteiger partial charge < -0.3 is 15.2 Å². The number of nitrogens with two attached hydrogens (primary N) is 1. The number of hydrogen-bond donors (Lipinski definition) is 1. The molecule has 2 aromatic rings. The summed E-state index contributed by atoms with van der Waals surface area (Å²) in [4.78, 5) is 2.38. The molecule has 0 fully saturated rings. The second-order valence-corrected chi connectivity index (χ2v) is 6.59. The van der Waals surface area contributed by atoms with Gasteiger partial charge in [-0.15, -0.1) is 11.3 Å². The van der Waals surface area contributed by atoms with Crippen molar-refractivity contribution >= 4 is 27.3 Å². The van der Waals surface area contributed by atoms with Crippen LogP contribution in [0.4, 0.5) is 0 Å². The Bertz CT molecular complexity index is 611. The van der Waals surface area contributed by atoms with E-state index in [2.05, 4.69) is 28.9 Å². The summed E-state index contributed by atoms with van der Waals surface area (Å²) in [5, 5.41) is 0. The molecule has 0 amide bonds. The van der Waals surface area contributed by atoms with E-state index in [0.717, 1.165) is 26.4 Å². The number of halogens is 1. The molecule has 1 aromatic carbocycles. The maximum Gasteiger partial charge on any atom is 0.161 e. The molecule has 1 aliphatic rings. The third-order valence-corrected chi connectivity index (χ3v) is 5.10. The van der Waals surface area contributed by atoms with Gasteiger partial charge in [0.25, 0.3) is 0 Å². The van der Waals surface area contributed by atoms with Crippen molar-refractivity contribution in [3.8, 4) is 11.5 Å². The minimum atomic E-state index is -0.149. The summed E-state index contributed by atoms with van der Waals surface area (Å²) < 4.78 is 12.2. The lowest BCUT2D eigenvalue weighted by molar-refractivity contribution is 0.171. The van der Waals surface area contributed by atoms with Gasteiger partial charge in [0.15, 0.2) is 11.5 Å². The van der Waals surface area contributed by atoms with Crippen LogP contribution in [-0.4, -0.2) is 13.2 Å². The first-order valence-electron chi connectivity index (χ1n) is 6.06. The van der Waals surface area contributed by atoms with E-state index in [4.69, 9.17) is 15.2 Å². The Hall–Kier alpha value is -1.04. The van der Waals surface area contributed by atoms with E-state index >= 15 is 0 Å². The topological polar surface area (TPSA) is 44.5 Å². The van der Waals surface area contributed by atoms with Gasteiger partial charge >= 0.3 is 0 Å². The van der Waals surface area contributed by atoms with Gasteiger partial charge in [-0.25, -0.2) is 0 Å². The Labute approximate surface area is 124 Å². The lowest BCUT2D eigenvalue weighted by Gasteiger charge is -2.20. The van der Waals surface area contributed by atoms with Gasteiger partial charge in [-0.3, -0.25) is 0 Å². The summed E-state index contributed by atoms with van der Waals surface area (Å²) in [7, 11) is 0. The smallest absolute Gasteiger partial charge is 0.161 e. The highest BCUT2D eigenvalue weighted by Gasteiger charge is 2.18. The Kier molecular flexibility index (Phi) is 3.52. The van der Waals surface area contributed by atoms with Gasteiger partial charge in [-0.2, -0.15) is 0 Å². The molecule has 1 atom stereocenters. The van der Waals surface area contributed by atoms with Gasteiger partial charge in [-0.1, -0.05) is 6.07 Å². The lowest BCUT2D eigenvalue weighted by atomic mass is 10.1. The summed E-state index contributed by atoms with van der Waals surface area (Å²) in [6.07, 6.45) is 0. The molecule has 3 nitrogen and oxygen atoms in total. The van der Waals surface area contributed by atoms with E-state index in [0.29, 0.717) is 13.2 Å². The zero-order valence-corrected chi connectivity index (χ0v) is 12.9. The molecule has 0 radical (unpaired) electrons. The van der Waals surface area contributed by atoms with Crippen molar-refractivity contribution in [2.24, 2.45) is 5.73 Å². The van der Waals surface area contributed by atoms with Gasteiger partial charge in [0.05, 0.1) is 6.04 Å². The fourth-order valence-corrected chi connectivity index (χ4v) is 4.05. The molecule has 0 saturated heterocycles. The van der Waals surface area contributed by atoms with E-state index in [1.54, 1.807) is 11.3 Å². The minimum Gasteiger partial charge on any atom is -0.486 e. The minimum absolute atomic E-state index is 0.149. The molecule has 0 bridgehead atoms. The quantitative estimate of drug-likeness (QED) is 0.908. The van der Waals surface area contributed by atoms with E-state index < -0.39 is 0 Å². The zero-order valence-electron chi connectivity index (χ0n) is 10.5. The van der Waals surface area contributed by atoms with Gasteiger partial charge in [0.1, 0.15) is 13.2 Å². The summed E-state index contributed by atoms with van der Waals surface area (Å²) in [6.45, 7) is 3.27. The number of aryl methyl sites for hydroxylation is 1. The largest absolute Gasteiger partial charge is 0.486 e. The number of fused-ring (bicyclic) bond motifs is 1. The van der Waals surface area contributed by atoms with Crippen LogP contribution in [0.5, 0.6) is 11.5 Å². The van der Waals surface area contributed by atoms with Gasteiger partial charge in [-0.05, 0) is 46.6 Å². The molecule has 3 rings (SSSR count). The Morgan fingerprint density at radius 3 is 2.63 bits per heavy atom. The molecule has 2 heterocycles. The molecule has 5 heteroatoms. The summed E-state index contributed by atoms with van der Waals surface area (Å²) in [6, 6.07) is 7.85. The van der Waals surface area contributed by atoms with Crippen LogP contribution in [0.2, 0.25) is 0 Å². The van der Waals surface area contributed by atoms with Crippen molar-refractivity contribution in [2.45, 2.75) is 13.0 Å². The van der Waals surface area contributed by atoms with Crippen molar-refractivity contribution in [1.29, 1.82) is 0 Å². The van der Waals surface area contributed by atoms with E-state index in [9.17, 15) is 0 Å².